The van der Waals surface area contributed by atoms with Crippen molar-refractivity contribution in [2.24, 2.45) is 0 Å². The number of pyridine rings is 1. The van der Waals surface area contributed by atoms with Gasteiger partial charge in [0.05, 0.1) is 11.9 Å². The summed E-state index contributed by atoms with van der Waals surface area (Å²) in [5, 5.41) is 8.83. The molecule has 0 spiro atoms. The Hall–Kier alpha value is -1.64. The van der Waals surface area contributed by atoms with Crippen molar-refractivity contribution in [1.29, 1.82) is 0 Å². The molecule has 0 aliphatic carbocycles. The average Bonchev–Trinajstić information content (AvgIpc) is 2.04. The first-order valence-electron chi connectivity index (χ1n) is 3.10. The van der Waals surface area contributed by atoms with E-state index in [1.165, 1.54) is 18.3 Å². The average molecular weight is 149 g/mol. The number of aldehydes is 1. The van der Waals surface area contributed by atoms with Gasteiger partial charge in [-0.1, -0.05) is 0 Å². The zero-order valence-corrected chi connectivity index (χ0v) is 5.77. The van der Waals surface area contributed by atoms with Gasteiger partial charge >= 0.3 is 0 Å². The molecule has 0 aliphatic heterocycles. The molecule has 0 unspecified atom stereocenters. The van der Waals surface area contributed by atoms with Gasteiger partial charge in [-0.15, -0.1) is 0 Å². The lowest BCUT2D eigenvalue weighted by Gasteiger charge is -1.90. The molecule has 1 aromatic heterocycles. The fourth-order valence-corrected chi connectivity index (χ4v) is 0.634. The normalized spacial score (nSPS) is 10.2. The number of carbonyl (C=O) groups is 1. The molecule has 0 aliphatic rings. The highest BCUT2D eigenvalue weighted by molar-refractivity contribution is 5.72. The molecule has 3 nitrogen and oxygen atoms in total. The number of nitrogens with zero attached hydrogens (tertiary/aromatic N) is 1. The molecule has 0 radical (unpaired) electrons. The Kier molecular flexibility index (Phi) is 2.38. The molecule has 0 amide bonds. The fourth-order valence-electron chi connectivity index (χ4n) is 0.634. The molecule has 0 aromatic carbocycles. The topological polar surface area (TPSA) is 50.2 Å². The molecule has 1 N–H and O–H groups in total. The standard InChI is InChI=1S/C8H7NO2/c10-5-1-2-7-3-4-8(11)6-9-7/h1-6,11H. The van der Waals surface area contributed by atoms with Crippen molar-refractivity contribution < 1.29 is 9.90 Å². The van der Waals surface area contributed by atoms with Gasteiger partial charge in [-0.2, -0.15) is 0 Å². The summed E-state index contributed by atoms with van der Waals surface area (Å²) in [6.45, 7) is 0. The number of carbonyl (C=O) groups excluding carboxylic acids is 1. The second-order valence-corrected chi connectivity index (χ2v) is 1.94. The van der Waals surface area contributed by atoms with E-state index in [0.29, 0.717) is 12.0 Å². The second kappa shape index (κ2) is 3.51. The highest BCUT2D eigenvalue weighted by Gasteiger charge is 1.87. The molecule has 11 heavy (non-hydrogen) atoms. The van der Waals surface area contributed by atoms with Gasteiger partial charge in [0.2, 0.25) is 0 Å². The van der Waals surface area contributed by atoms with Crippen LogP contribution in [0, 0.1) is 0 Å². The largest absolute Gasteiger partial charge is 0.506 e. The summed E-state index contributed by atoms with van der Waals surface area (Å²) in [7, 11) is 0. The summed E-state index contributed by atoms with van der Waals surface area (Å²) >= 11 is 0. The zero-order chi connectivity index (χ0) is 8.10. The van der Waals surface area contributed by atoms with Gasteiger partial charge in [0.1, 0.15) is 12.0 Å². The Morgan fingerprint density at radius 1 is 1.45 bits per heavy atom. The molecule has 1 rings (SSSR count). The summed E-state index contributed by atoms with van der Waals surface area (Å²) in [5.74, 6) is 0.119. The van der Waals surface area contributed by atoms with E-state index in [0.717, 1.165) is 0 Å². The predicted molar refractivity (Wildman–Crippen MR) is 41.0 cm³/mol. The Morgan fingerprint density at radius 2 is 2.27 bits per heavy atom. The van der Waals surface area contributed by atoms with Crippen LogP contribution in [-0.4, -0.2) is 16.4 Å². The number of hydrogen-bond acceptors (Lipinski definition) is 3. The summed E-state index contributed by atoms with van der Waals surface area (Å²) in [5.41, 5.74) is 0.648. The lowest BCUT2D eigenvalue weighted by molar-refractivity contribution is -0.104. The van der Waals surface area contributed by atoms with Crippen LogP contribution >= 0.6 is 0 Å². The lowest BCUT2D eigenvalue weighted by Crippen LogP contribution is -1.77. The van der Waals surface area contributed by atoms with E-state index in [2.05, 4.69) is 4.98 Å². The molecule has 1 aromatic rings. The third-order valence-corrected chi connectivity index (χ3v) is 1.12. The maximum absolute atomic E-state index is 9.88. The molecule has 0 fully saturated rings. The van der Waals surface area contributed by atoms with E-state index >= 15 is 0 Å². The molecule has 0 saturated heterocycles. The Labute approximate surface area is 64.0 Å². The van der Waals surface area contributed by atoms with Gasteiger partial charge in [0.25, 0.3) is 0 Å². The monoisotopic (exact) mass is 149 g/mol. The first kappa shape index (κ1) is 7.47. The van der Waals surface area contributed by atoms with Gasteiger partial charge < -0.3 is 5.11 Å². The number of aromatic hydroxyl groups is 1. The second-order valence-electron chi connectivity index (χ2n) is 1.94. The van der Waals surface area contributed by atoms with Gasteiger partial charge in [0, 0.05) is 0 Å². The number of aromatic nitrogens is 1. The molecule has 0 saturated carbocycles. The Balaban J connectivity index is 2.81. The predicted octanol–water partition coefficient (Wildman–Crippen LogP) is 0.999. The van der Waals surface area contributed by atoms with Crippen molar-refractivity contribution in [3.8, 4) is 5.75 Å². The minimum absolute atomic E-state index is 0.119. The van der Waals surface area contributed by atoms with Gasteiger partial charge in [-0.05, 0) is 24.3 Å². The number of rotatable bonds is 2. The summed E-state index contributed by atoms with van der Waals surface area (Å²) in [6.07, 6.45) is 4.91. The van der Waals surface area contributed by atoms with Crippen molar-refractivity contribution >= 4 is 12.4 Å². The molecule has 1 heterocycles. The molecule has 0 bridgehead atoms. The maximum Gasteiger partial charge on any atom is 0.142 e. The van der Waals surface area contributed by atoms with Gasteiger partial charge in [-0.25, -0.2) is 0 Å². The third kappa shape index (κ3) is 2.21. The Bertz CT molecular complexity index is 264. The van der Waals surface area contributed by atoms with Crippen LogP contribution in [-0.2, 0) is 4.79 Å². The fraction of sp³-hybridized carbons (Fsp3) is 0. The first-order valence-corrected chi connectivity index (χ1v) is 3.10. The van der Waals surface area contributed by atoms with Crippen molar-refractivity contribution in [3.63, 3.8) is 0 Å². The first-order chi connectivity index (χ1) is 5.33. The number of hydrogen-bond donors (Lipinski definition) is 1. The van der Waals surface area contributed by atoms with Crippen LogP contribution in [0.1, 0.15) is 5.69 Å². The molecule has 56 valence electrons. The van der Waals surface area contributed by atoms with Gasteiger partial charge in [0.15, 0.2) is 0 Å². The van der Waals surface area contributed by atoms with Crippen LogP contribution in [0.25, 0.3) is 6.08 Å². The van der Waals surface area contributed by atoms with E-state index in [9.17, 15) is 4.79 Å². The summed E-state index contributed by atoms with van der Waals surface area (Å²) in [4.78, 5) is 13.7. The Morgan fingerprint density at radius 3 is 2.82 bits per heavy atom. The van der Waals surface area contributed by atoms with Crippen LogP contribution in [0.15, 0.2) is 24.4 Å². The zero-order valence-electron chi connectivity index (χ0n) is 5.77. The van der Waals surface area contributed by atoms with Crippen LogP contribution < -0.4 is 0 Å². The van der Waals surface area contributed by atoms with Crippen molar-refractivity contribution in [3.05, 3.63) is 30.1 Å². The third-order valence-electron chi connectivity index (χ3n) is 1.12. The number of allylic oxidation sites excluding steroid dienone is 1. The van der Waals surface area contributed by atoms with E-state index in [1.807, 2.05) is 0 Å². The lowest BCUT2D eigenvalue weighted by atomic mass is 10.3. The molecular weight excluding hydrogens is 142 g/mol. The summed E-state index contributed by atoms with van der Waals surface area (Å²) in [6, 6.07) is 3.13. The molecular formula is C8H7NO2. The summed E-state index contributed by atoms with van der Waals surface area (Å²) < 4.78 is 0. The van der Waals surface area contributed by atoms with Crippen molar-refractivity contribution in [2.75, 3.05) is 0 Å². The van der Waals surface area contributed by atoms with E-state index < -0.39 is 0 Å². The maximum atomic E-state index is 9.88. The molecule has 3 heteroatoms. The SMILES string of the molecule is O=CC=Cc1ccc(O)cn1. The van der Waals surface area contributed by atoms with Crippen LogP contribution in [0.5, 0.6) is 5.75 Å². The van der Waals surface area contributed by atoms with E-state index in [-0.39, 0.29) is 5.75 Å². The van der Waals surface area contributed by atoms with Crippen LogP contribution in [0.4, 0.5) is 0 Å². The van der Waals surface area contributed by atoms with Crippen LogP contribution in [0.2, 0.25) is 0 Å². The smallest absolute Gasteiger partial charge is 0.142 e. The van der Waals surface area contributed by atoms with E-state index in [4.69, 9.17) is 5.11 Å². The van der Waals surface area contributed by atoms with Crippen molar-refractivity contribution in [2.45, 2.75) is 0 Å². The van der Waals surface area contributed by atoms with E-state index in [1.54, 1.807) is 12.1 Å². The highest BCUT2D eigenvalue weighted by atomic mass is 16.3. The van der Waals surface area contributed by atoms with Crippen LogP contribution in [0.3, 0.4) is 0 Å². The van der Waals surface area contributed by atoms with Crippen molar-refractivity contribution in [1.82, 2.24) is 4.98 Å². The highest BCUT2D eigenvalue weighted by Crippen LogP contribution is 2.06. The van der Waals surface area contributed by atoms with Gasteiger partial charge in [-0.3, -0.25) is 9.78 Å². The minimum atomic E-state index is 0.119. The minimum Gasteiger partial charge on any atom is -0.506 e. The molecule has 0 atom stereocenters. The quantitative estimate of drug-likeness (QED) is 0.504.